The van der Waals surface area contributed by atoms with Gasteiger partial charge in [-0.2, -0.15) is 0 Å². The van der Waals surface area contributed by atoms with E-state index < -0.39 is 17.7 Å². The molecule has 2 N–H and O–H groups in total. The van der Waals surface area contributed by atoms with Crippen LogP contribution in [0.15, 0.2) is 18.2 Å². The number of hydrogen-bond acceptors (Lipinski definition) is 3. The molecule has 106 valence electrons. The van der Waals surface area contributed by atoms with Gasteiger partial charge in [-0.15, -0.1) is 0 Å². The molecule has 5 heteroatoms. The molecule has 1 heterocycles. The second kappa shape index (κ2) is 5.94. The molecular weight excluding hydrogens is 248 g/mol. The van der Waals surface area contributed by atoms with Gasteiger partial charge in [0.05, 0.1) is 0 Å². The zero-order valence-corrected chi connectivity index (χ0v) is 11.4. The first kappa shape index (κ1) is 14.4. The zero-order valence-electron chi connectivity index (χ0n) is 11.4. The van der Waals surface area contributed by atoms with Crippen molar-refractivity contribution in [3.05, 3.63) is 35.4 Å². The van der Waals surface area contributed by atoms with Gasteiger partial charge in [-0.3, -0.25) is 0 Å². The Hall–Kier alpha value is -1.04. The molecule has 2 unspecified atom stereocenters. The van der Waals surface area contributed by atoms with E-state index in [0.717, 1.165) is 31.8 Å². The van der Waals surface area contributed by atoms with Crippen LogP contribution < -0.4 is 5.73 Å². The number of nitrogens with two attached hydrogens (primary N) is 1. The largest absolute Gasteiger partial charge is 0.324 e. The number of piperazine rings is 1. The number of hydrogen-bond donors (Lipinski definition) is 1. The van der Waals surface area contributed by atoms with Gasteiger partial charge >= 0.3 is 0 Å². The number of rotatable bonds is 3. The molecule has 1 fully saturated rings. The fourth-order valence-corrected chi connectivity index (χ4v) is 2.57. The third-order valence-corrected chi connectivity index (χ3v) is 3.86. The SMILES string of the molecule is CN1CCN(C)C(CC(N)c2cc(F)ccc2F)C1. The lowest BCUT2D eigenvalue weighted by molar-refractivity contribution is 0.104. The van der Waals surface area contributed by atoms with E-state index in [-0.39, 0.29) is 11.6 Å². The van der Waals surface area contributed by atoms with Crippen LogP contribution in [0.5, 0.6) is 0 Å². The zero-order chi connectivity index (χ0) is 14.0. The van der Waals surface area contributed by atoms with Gasteiger partial charge < -0.3 is 15.5 Å². The predicted molar refractivity (Wildman–Crippen MR) is 71.8 cm³/mol. The highest BCUT2D eigenvalue weighted by Crippen LogP contribution is 2.23. The molecule has 1 aromatic carbocycles. The van der Waals surface area contributed by atoms with Gasteiger partial charge in [0.15, 0.2) is 0 Å². The minimum absolute atomic E-state index is 0.265. The lowest BCUT2D eigenvalue weighted by Crippen LogP contribution is -2.50. The number of likely N-dealkylation sites (N-methyl/N-ethyl adjacent to an activating group) is 2. The summed E-state index contributed by atoms with van der Waals surface area (Å²) in [5.41, 5.74) is 6.32. The highest BCUT2D eigenvalue weighted by molar-refractivity contribution is 5.22. The molecular formula is C14H21F2N3. The second-order valence-electron chi connectivity index (χ2n) is 5.40. The average molecular weight is 269 g/mol. The Balaban J connectivity index is 2.07. The maximum absolute atomic E-state index is 13.7. The molecule has 0 radical (unpaired) electrons. The first-order valence-electron chi connectivity index (χ1n) is 6.56. The van der Waals surface area contributed by atoms with Crippen molar-refractivity contribution in [2.75, 3.05) is 33.7 Å². The normalized spacial score (nSPS) is 23.5. The van der Waals surface area contributed by atoms with Gasteiger partial charge in [-0.05, 0) is 38.7 Å². The fraction of sp³-hybridized carbons (Fsp3) is 0.571. The third-order valence-electron chi connectivity index (χ3n) is 3.86. The number of nitrogens with zero attached hydrogens (tertiary/aromatic N) is 2. The summed E-state index contributed by atoms with van der Waals surface area (Å²) in [6.45, 7) is 2.90. The number of halogens is 2. The number of benzene rings is 1. The minimum Gasteiger partial charge on any atom is -0.324 e. The van der Waals surface area contributed by atoms with Crippen LogP contribution in [0.2, 0.25) is 0 Å². The lowest BCUT2D eigenvalue weighted by atomic mass is 9.97. The molecule has 0 amide bonds. The molecule has 19 heavy (non-hydrogen) atoms. The van der Waals surface area contributed by atoms with E-state index in [0.29, 0.717) is 6.42 Å². The first-order chi connectivity index (χ1) is 8.97. The predicted octanol–water partition coefficient (Wildman–Crippen LogP) is 1.60. The van der Waals surface area contributed by atoms with Crippen molar-refractivity contribution >= 4 is 0 Å². The average Bonchev–Trinajstić information content (AvgIpc) is 2.36. The van der Waals surface area contributed by atoms with Gasteiger partial charge in [0.25, 0.3) is 0 Å². The van der Waals surface area contributed by atoms with E-state index in [1.165, 1.54) is 6.07 Å². The van der Waals surface area contributed by atoms with Crippen molar-refractivity contribution in [2.45, 2.75) is 18.5 Å². The standard InChI is InChI=1S/C14H21F2N3/c1-18-5-6-19(2)11(9-18)8-14(17)12-7-10(15)3-4-13(12)16/h3-4,7,11,14H,5-6,8-9,17H2,1-2H3. The molecule has 2 rings (SSSR count). The molecule has 0 bridgehead atoms. The van der Waals surface area contributed by atoms with Crippen molar-refractivity contribution in [1.82, 2.24) is 9.80 Å². The van der Waals surface area contributed by atoms with Gasteiger partial charge in [-0.1, -0.05) is 0 Å². The molecule has 0 aromatic heterocycles. The molecule has 1 aromatic rings. The Labute approximate surface area is 113 Å². The highest BCUT2D eigenvalue weighted by atomic mass is 19.1. The maximum Gasteiger partial charge on any atom is 0.128 e. The van der Waals surface area contributed by atoms with Gasteiger partial charge in [0.2, 0.25) is 0 Å². The quantitative estimate of drug-likeness (QED) is 0.904. The Bertz CT molecular complexity index is 439. The second-order valence-corrected chi connectivity index (χ2v) is 5.40. The van der Waals surface area contributed by atoms with Crippen LogP contribution in [-0.4, -0.2) is 49.6 Å². The summed E-state index contributed by atoms with van der Waals surface area (Å²) in [6, 6.07) is 3.26. The molecule has 1 aliphatic heterocycles. The van der Waals surface area contributed by atoms with Crippen molar-refractivity contribution in [2.24, 2.45) is 5.73 Å². The summed E-state index contributed by atoms with van der Waals surface area (Å²) in [4.78, 5) is 4.47. The van der Waals surface area contributed by atoms with E-state index >= 15 is 0 Å². The fourth-order valence-electron chi connectivity index (χ4n) is 2.57. The molecule has 0 aliphatic carbocycles. The topological polar surface area (TPSA) is 32.5 Å². The summed E-state index contributed by atoms with van der Waals surface area (Å²) in [6.07, 6.45) is 0.626. The lowest BCUT2D eigenvalue weighted by Gasteiger charge is -2.38. The van der Waals surface area contributed by atoms with Gasteiger partial charge in [0.1, 0.15) is 11.6 Å². The summed E-state index contributed by atoms with van der Waals surface area (Å²) in [7, 11) is 4.11. The van der Waals surface area contributed by atoms with Crippen LogP contribution in [-0.2, 0) is 0 Å². The van der Waals surface area contributed by atoms with E-state index in [9.17, 15) is 8.78 Å². The van der Waals surface area contributed by atoms with Gasteiger partial charge in [0, 0.05) is 37.3 Å². The van der Waals surface area contributed by atoms with E-state index in [1.807, 2.05) is 7.05 Å². The third kappa shape index (κ3) is 3.49. The van der Waals surface area contributed by atoms with E-state index in [4.69, 9.17) is 5.73 Å². The van der Waals surface area contributed by atoms with Crippen molar-refractivity contribution in [3.63, 3.8) is 0 Å². The van der Waals surface area contributed by atoms with Crippen LogP contribution in [0, 0.1) is 11.6 Å². The first-order valence-corrected chi connectivity index (χ1v) is 6.56. The van der Waals surface area contributed by atoms with Crippen molar-refractivity contribution in [1.29, 1.82) is 0 Å². The van der Waals surface area contributed by atoms with E-state index in [2.05, 4.69) is 16.8 Å². The summed E-state index contributed by atoms with van der Waals surface area (Å²) in [5.74, 6) is -0.873. The Morgan fingerprint density at radius 3 is 2.79 bits per heavy atom. The molecule has 2 atom stereocenters. The van der Waals surface area contributed by atoms with Gasteiger partial charge in [-0.25, -0.2) is 8.78 Å². The smallest absolute Gasteiger partial charge is 0.128 e. The monoisotopic (exact) mass is 269 g/mol. The molecule has 1 aliphatic rings. The molecule has 0 spiro atoms. The summed E-state index contributed by atoms with van der Waals surface area (Å²) < 4.78 is 26.9. The minimum atomic E-state index is -0.477. The van der Waals surface area contributed by atoms with Crippen molar-refractivity contribution in [3.8, 4) is 0 Å². The molecule has 0 saturated carbocycles. The maximum atomic E-state index is 13.7. The molecule has 1 saturated heterocycles. The van der Waals surface area contributed by atoms with Crippen LogP contribution in [0.3, 0.4) is 0 Å². The van der Waals surface area contributed by atoms with E-state index in [1.54, 1.807) is 0 Å². The van der Waals surface area contributed by atoms with Crippen molar-refractivity contribution < 1.29 is 8.78 Å². The highest BCUT2D eigenvalue weighted by Gasteiger charge is 2.25. The van der Waals surface area contributed by atoms with Crippen LogP contribution in [0.1, 0.15) is 18.0 Å². The Morgan fingerprint density at radius 2 is 2.05 bits per heavy atom. The van der Waals surface area contributed by atoms with Crippen LogP contribution >= 0.6 is 0 Å². The Morgan fingerprint density at radius 1 is 1.32 bits per heavy atom. The Kier molecular flexibility index (Phi) is 4.50. The van der Waals surface area contributed by atoms with Crippen LogP contribution in [0.25, 0.3) is 0 Å². The van der Waals surface area contributed by atoms with Crippen LogP contribution in [0.4, 0.5) is 8.78 Å². The summed E-state index contributed by atoms with van der Waals surface area (Å²) in [5, 5.41) is 0. The summed E-state index contributed by atoms with van der Waals surface area (Å²) >= 11 is 0. The molecule has 3 nitrogen and oxygen atoms in total.